The van der Waals surface area contributed by atoms with Gasteiger partial charge in [0.15, 0.2) is 0 Å². The summed E-state index contributed by atoms with van der Waals surface area (Å²) < 4.78 is 0. The van der Waals surface area contributed by atoms with E-state index < -0.39 is 0 Å². The third-order valence-electron chi connectivity index (χ3n) is 1.57. The zero-order valence-electron chi connectivity index (χ0n) is 9.14. The number of hydrogen-bond acceptors (Lipinski definition) is 3. The molecule has 15 heavy (non-hydrogen) atoms. The fourth-order valence-electron chi connectivity index (χ4n) is 0.851. The van der Waals surface area contributed by atoms with Gasteiger partial charge in [-0.05, 0) is 41.0 Å². The molecule has 3 heteroatoms. The van der Waals surface area contributed by atoms with Gasteiger partial charge in [0.05, 0.1) is 0 Å². The van der Waals surface area contributed by atoms with Gasteiger partial charge < -0.3 is 5.73 Å². The Balaban J connectivity index is 3.64. The van der Waals surface area contributed by atoms with E-state index in [4.69, 9.17) is 5.73 Å². The van der Waals surface area contributed by atoms with Gasteiger partial charge in [0.25, 0.3) is 0 Å². The number of unbranched alkanes of at least 4 members (excludes halogenated alkanes) is 3. The van der Waals surface area contributed by atoms with E-state index in [-0.39, 0.29) is 0 Å². The van der Waals surface area contributed by atoms with Crippen molar-refractivity contribution in [3.63, 3.8) is 0 Å². The summed E-state index contributed by atoms with van der Waals surface area (Å²) in [5, 5.41) is 0.623. The molecule has 0 atom stereocenters. The van der Waals surface area contributed by atoms with Crippen molar-refractivity contribution in [3.05, 3.63) is 34.5 Å². The van der Waals surface area contributed by atoms with Crippen molar-refractivity contribution in [1.29, 1.82) is 0 Å². The zero-order chi connectivity index (χ0) is 11.4. The number of nitrogens with two attached hydrogens (primary N) is 1. The Morgan fingerprint density at radius 1 is 1.27 bits per heavy atom. The first-order chi connectivity index (χ1) is 7.31. The van der Waals surface area contributed by atoms with Gasteiger partial charge in [-0.15, -0.1) is 0 Å². The lowest BCUT2D eigenvalue weighted by Crippen LogP contribution is -1.87. The van der Waals surface area contributed by atoms with Crippen molar-refractivity contribution in [2.24, 2.45) is 5.73 Å². The second-order valence-corrected chi connectivity index (χ2v) is 5.34. The Labute approximate surface area is 100 Å². The maximum atomic E-state index is 5.65. The third kappa shape index (κ3) is 11.3. The molecule has 0 spiro atoms. The molecule has 0 aromatic heterocycles. The minimum absolute atomic E-state index is 0.623. The second-order valence-electron chi connectivity index (χ2n) is 2.88. The molecule has 0 aliphatic carbocycles. The van der Waals surface area contributed by atoms with Crippen molar-refractivity contribution < 1.29 is 0 Å². The van der Waals surface area contributed by atoms with E-state index in [9.17, 15) is 0 Å². The van der Waals surface area contributed by atoms with E-state index >= 15 is 0 Å². The fourth-order valence-corrected chi connectivity index (χ4v) is 2.59. The van der Waals surface area contributed by atoms with Crippen molar-refractivity contribution in [3.8, 4) is 0 Å². The van der Waals surface area contributed by atoms with Crippen LogP contribution in [0.2, 0.25) is 0 Å². The summed E-state index contributed by atoms with van der Waals surface area (Å²) in [6, 6.07) is 0. The Hall–Kier alpha value is -0.640. The predicted octanol–water partition coefficient (Wildman–Crippen LogP) is 4.00. The number of rotatable bonds is 7. The molecule has 0 saturated carbocycles. The molecule has 0 aromatic carbocycles. The topological polar surface area (TPSA) is 26.0 Å². The highest BCUT2D eigenvalue weighted by Gasteiger charge is 1.92. The van der Waals surface area contributed by atoms with E-state index in [1.807, 2.05) is 0 Å². The van der Waals surface area contributed by atoms with Crippen molar-refractivity contribution in [2.75, 3.05) is 5.75 Å². The maximum Gasteiger partial charge on any atom is 0.129 e. The molecule has 82 valence electrons. The van der Waals surface area contributed by atoms with Crippen LogP contribution in [0, 0.1) is 0 Å². The fraction of sp³-hybridized carbons (Fsp3) is 0.500. The molecule has 0 fully saturated rings. The molecule has 2 N–H and O–H groups in total. The van der Waals surface area contributed by atoms with Crippen LogP contribution in [0.4, 0.5) is 0 Å². The Bertz CT molecular complexity index is 311. The average Bonchev–Trinajstić information content (AvgIpc) is 2.23. The van der Waals surface area contributed by atoms with Crippen LogP contribution >= 0.6 is 21.6 Å². The molecule has 0 heterocycles. The Morgan fingerprint density at radius 3 is 2.73 bits per heavy atom. The lowest BCUT2D eigenvalue weighted by atomic mass is 10.2. The van der Waals surface area contributed by atoms with Gasteiger partial charge >= 0.3 is 0 Å². The maximum absolute atomic E-state index is 5.65. The van der Waals surface area contributed by atoms with Crippen LogP contribution in [0.1, 0.15) is 32.6 Å². The molecule has 0 bridgehead atoms. The molecule has 0 aromatic rings. The van der Waals surface area contributed by atoms with Gasteiger partial charge in [-0.3, -0.25) is 0 Å². The van der Waals surface area contributed by atoms with Gasteiger partial charge in [0.1, 0.15) is 5.03 Å². The van der Waals surface area contributed by atoms with Gasteiger partial charge in [0, 0.05) is 5.75 Å². The minimum Gasteiger partial charge on any atom is -0.386 e. The summed E-state index contributed by atoms with van der Waals surface area (Å²) in [5.74, 6) is 1.13. The van der Waals surface area contributed by atoms with Crippen LogP contribution in [-0.4, -0.2) is 5.75 Å². The lowest BCUT2D eigenvalue weighted by molar-refractivity contribution is 0.707. The summed E-state index contributed by atoms with van der Waals surface area (Å²) in [4.78, 5) is 0. The van der Waals surface area contributed by atoms with E-state index in [1.54, 1.807) is 10.8 Å². The minimum atomic E-state index is 0.623. The van der Waals surface area contributed by atoms with Crippen molar-refractivity contribution in [1.82, 2.24) is 0 Å². The first kappa shape index (κ1) is 14.4. The van der Waals surface area contributed by atoms with Crippen LogP contribution in [0.25, 0.3) is 0 Å². The Morgan fingerprint density at radius 2 is 2.07 bits per heavy atom. The quantitative estimate of drug-likeness (QED) is 0.413. The highest BCUT2D eigenvalue weighted by molar-refractivity contribution is 8.78. The van der Waals surface area contributed by atoms with E-state index in [0.717, 1.165) is 5.75 Å². The van der Waals surface area contributed by atoms with Gasteiger partial charge in [-0.2, -0.15) is 0 Å². The van der Waals surface area contributed by atoms with Crippen LogP contribution in [0.3, 0.4) is 0 Å². The SMILES string of the molecule is C=C=C=C=C=C(N)SSCCCCCC. The van der Waals surface area contributed by atoms with Crippen LogP contribution in [0.5, 0.6) is 0 Å². The summed E-state index contributed by atoms with van der Waals surface area (Å²) in [6.45, 7) is 5.58. The molecule has 1 nitrogen and oxygen atoms in total. The highest BCUT2D eigenvalue weighted by Crippen LogP contribution is 2.26. The predicted molar refractivity (Wildman–Crippen MR) is 71.6 cm³/mol. The van der Waals surface area contributed by atoms with E-state index in [1.165, 1.54) is 36.5 Å². The molecule has 0 amide bonds. The summed E-state index contributed by atoms with van der Waals surface area (Å²) in [5.41, 5.74) is 16.0. The van der Waals surface area contributed by atoms with E-state index in [0.29, 0.717) is 5.03 Å². The average molecular weight is 239 g/mol. The highest BCUT2D eigenvalue weighted by atomic mass is 33.1. The molecular formula is C12H17NS2. The van der Waals surface area contributed by atoms with E-state index in [2.05, 4.69) is 36.4 Å². The second kappa shape index (κ2) is 11.4. The largest absolute Gasteiger partial charge is 0.386 e. The summed E-state index contributed by atoms with van der Waals surface area (Å²) in [6.07, 6.45) is 5.16. The van der Waals surface area contributed by atoms with Crippen LogP contribution < -0.4 is 5.73 Å². The van der Waals surface area contributed by atoms with Crippen molar-refractivity contribution >= 4 is 21.6 Å². The third-order valence-corrected chi connectivity index (χ3v) is 3.81. The normalized spacial score (nSPS) is 8.33. The van der Waals surface area contributed by atoms with Crippen LogP contribution in [0.15, 0.2) is 34.5 Å². The van der Waals surface area contributed by atoms with Gasteiger partial charge in [0.2, 0.25) is 0 Å². The molecule has 0 rings (SSSR count). The van der Waals surface area contributed by atoms with Crippen LogP contribution in [-0.2, 0) is 0 Å². The molecule has 0 radical (unpaired) electrons. The smallest absolute Gasteiger partial charge is 0.129 e. The molecular weight excluding hydrogens is 222 g/mol. The number of hydrogen-bond donors (Lipinski definition) is 1. The lowest BCUT2D eigenvalue weighted by Gasteiger charge is -1.98. The molecule has 0 unspecified atom stereocenters. The molecule has 0 saturated heterocycles. The molecule has 0 aliphatic heterocycles. The Kier molecular flexibility index (Phi) is 10.9. The summed E-state index contributed by atoms with van der Waals surface area (Å²) >= 11 is 0. The zero-order valence-corrected chi connectivity index (χ0v) is 10.8. The van der Waals surface area contributed by atoms with Gasteiger partial charge in [-0.1, -0.05) is 42.7 Å². The van der Waals surface area contributed by atoms with Gasteiger partial charge in [-0.25, -0.2) is 0 Å². The first-order valence-electron chi connectivity index (χ1n) is 5.01. The van der Waals surface area contributed by atoms with Crippen molar-refractivity contribution in [2.45, 2.75) is 32.6 Å². The first-order valence-corrected chi connectivity index (χ1v) is 7.33. The standard InChI is InChI=1S/C12H17NS2/c1-3-5-7-9-11-14-15-12(13)10-8-6-4-2/h2-3,5,7,9,11,13H2,1H3. The molecule has 0 aliphatic rings. The summed E-state index contributed by atoms with van der Waals surface area (Å²) in [7, 11) is 3.29. The monoisotopic (exact) mass is 239 g/mol.